The predicted octanol–water partition coefficient (Wildman–Crippen LogP) is 2.26. The van der Waals surface area contributed by atoms with Gasteiger partial charge in [0.2, 0.25) is 0 Å². The first-order valence-corrected chi connectivity index (χ1v) is 5.90. The fourth-order valence-corrected chi connectivity index (χ4v) is 5.26. The molecular weight excluding hydrogens is 160 g/mol. The summed E-state index contributed by atoms with van der Waals surface area (Å²) < 4.78 is 0. The van der Waals surface area contributed by atoms with Crippen LogP contribution in [0.1, 0.15) is 32.1 Å². The van der Waals surface area contributed by atoms with E-state index in [4.69, 9.17) is 0 Å². The molecule has 0 spiro atoms. The molecule has 4 rings (SSSR count). The zero-order valence-electron chi connectivity index (χ0n) is 7.91. The van der Waals surface area contributed by atoms with E-state index in [0.29, 0.717) is 17.6 Å². The molecule has 13 heavy (non-hydrogen) atoms. The minimum absolute atomic E-state index is 0.533. The third kappa shape index (κ3) is 0.628. The summed E-state index contributed by atoms with van der Waals surface area (Å²) in [5.41, 5.74) is 0. The van der Waals surface area contributed by atoms with Crippen LogP contribution in [0.3, 0.4) is 0 Å². The van der Waals surface area contributed by atoms with Crippen LogP contribution in [-0.2, 0) is 4.79 Å². The molecule has 0 aromatic rings. The van der Waals surface area contributed by atoms with Crippen molar-refractivity contribution in [2.45, 2.75) is 32.1 Å². The van der Waals surface area contributed by atoms with Crippen molar-refractivity contribution in [3.8, 4) is 0 Å². The molecule has 6 atom stereocenters. The molecule has 4 bridgehead atoms. The largest absolute Gasteiger partial charge is 0.299 e. The Morgan fingerprint density at radius 3 is 1.92 bits per heavy atom. The standard InChI is InChI=1S/C12H16O/c13-12-8-3-4-9(12)11-7-2-1-6(5-7)10(8)11/h6-11H,1-5H2/t6-,7+,8-,9+,10+,11-. The number of hydrogen-bond acceptors (Lipinski definition) is 1. The van der Waals surface area contributed by atoms with Gasteiger partial charge in [-0.2, -0.15) is 0 Å². The van der Waals surface area contributed by atoms with E-state index >= 15 is 0 Å². The molecule has 1 nitrogen and oxygen atoms in total. The Morgan fingerprint density at radius 1 is 0.846 bits per heavy atom. The topological polar surface area (TPSA) is 17.1 Å². The van der Waals surface area contributed by atoms with Crippen molar-refractivity contribution in [3.05, 3.63) is 0 Å². The highest BCUT2D eigenvalue weighted by Gasteiger charge is 2.63. The monoisotopic (exact) mass is 176 g/mol. The molecule has 1 heteroatoms. The summed E-state index contributed by atoms with van der Waals surface area (Å²) in [5, 5.41) is 0. The number of carbonyl (C=O) groups excluding carboxylic acids is 1. The lowest BCUT2D eigenvalue weighted by Gasteiger charge is -2.33. The Morgan fingerprint density at radius 2 is 1.38 bits per heavy atom. The maximum absolute atomic E-state index is 11.9. The van der Waals surface area contributed by atoms with E-state index in [9.17, 15) is 4.79 Å². The van der Waals surface area contributed by atoms with Gasteiger partial charge in [0.25, 0.3) is 0 Å². The van der Waals surface area contributed by atoms with Crippen LogP contribution < -0.4 is 0 Å². The van der Waals surface area contributed by atoms with E-state index in [2.05, 4.69) is 0 Å². The van der Waals surface area contributed by atoms with E-state index < -0.39 is 0 Å². The quantitative estimate of drug-likeness (QED) is 0.517. The van der Waals surface area contributed by atoms with Gasteiger partial charge in [0.1, 0.15) is 5.78 Å². The fraction of sp³-hybridized carbons (Fsp3) is 0.917. The highest BCUT2D eigenvalue weighted by atomic mass is 16.1. The average Bonchev–Trinajstić information content (AvgIpc) is 2.84. The number of carbonyl (C=O) groups is 1. The summed E-state index contributed by atoms with van der Waals surface area (Å²) >= 11 is 0. The second-order valence-electron chi connectivity index (χ2n) is 5.68. The summed E-state index contributed by atoms with van der Waals surface area (Å²) in [6, 6.07) is 0. The summed E-state index contributed by atoms with van der Waals surface area (Å²) in [6.07, 6.45) is 6.86. The van der Waals surface area contributed by atoms with Crippen LogP contribution in [0.2, 0.25) is 0 Å². The summed E-state index contributed by atoms with van der Waals surface area (Å²) in [6.45, 7) is 0. The second-order valence-corrected chi connectivity index (χ2v) is 5.68. The minimum atomic E-state index is 0.533. The normalized spacial score (nSPS) is 62.0. The maximum atomic E-state index is 11.9. The van der Waals surface area contributed by atoms with Gasteiger partial charge in [-0.25, -0.2) is 0 Å². The van der Waals surface area contributed by atoms with Gasteiger partial charge in [-0.1, -0.05) is 0 Å². The van der Waals surface area contributed by atoms with Crippen molar-refractivity contribution in [1.82, 2.24) is 0 Å². The minimum Gasteiger partial charge on any atom is -0.299 e. The van der Waals surface area contributed by atoms with Crippen LogP contribution in [0.4, 0.5) is 0 Å². The summed E-state index contributed by atoms with van der Waals surface area (Å²) in [5.74, 6) is 5.40. The molecule has 4 saturated carbocycles. The molecule has 0 amide bonds. The lowest BCUT2D eigenvalue weighted by Crippen LogP contribution is -2.27. The molecule has 0 unspecified atom stereocenters. The Kier molecular flexibility index (Phi) is 1.09. The van der Waals surface area contributed by atoms with Crippen LogP contribution in [0, 0.1) is 35.5 Å². The molecule has 0 N–H and O–H groups in total. The molecule has 0 aromatic carbocycles. The van der Waals surface area contributed by atoms with Gasteiger partial charge < -0.3 is 0 Å². The highest BCUT2D eigenvalue weighted by Crippen LogP contribution is 2.65. The van der Waals surface area contributed by atoms with Gasteiger partial charge in [-0.3, -0.25) is 4.79 Å². The van der Waals surface area contributed by atoms with Crippen molar-refractivity contribution < 1.29 is 4.79 Å². The van der Waals surface area contributed by atoms with E-state index in [-0.39, 0.29) is 0 Å². The Labute approximate surface area is 78.9 Å². The molecule has 70 valence electrons. The number of ketones is 1. The average molecular weight is 176 g/mol. The van der Waals surface area contributed by atoms with Crippen LogP contribution in [0.15, 0.2) is 0 Å². The van der Waals surface area contributed by atoms with Gasteiger partial charge >= 0.3 is 0 Å². The molecule has 0 saturated heterocycles. The molecule has 4 fully saturated rings. The van der Waals surface area contributed by atoms with Gasteiger partial charge in [0.05, 0.1) is 0 Å². The lowest BCUT2D eigenvalue weighted by molar-refractivity contribution is -0.122. The Balaban J connectivity index is 1.81. The molecule has 4 aliphatic carbocycles. The fourth-order valence-electron chi connectivity index (χ4n) is 5.26. The molecule has 0 radical (unpaired) electrons. The predicted molar refractivity (Wildman–Crippen MR) is 49.0 cm³/mol. The molecular formula is C12H16O. The number of Topliss-reactive ketones (excluding diaryl/α,β-unsaturated/α-hetero) is 1. The SMILES string of the molecule is O=C1[C@H]2CC[C@@H]1[C@@H]1[C@@H]3CC[C@@H](C3)[C@@H]12. The van der Waals surface area contributed by atoms with Crippen LogP contribution >= 0.6 is 0 Å². The molecule has 0 aliphatic heterocycles. The van der Waals surface area contributed by atoms with Crippen LogP contribution in [-0.4, -0.2) is 5.78 Å². The van der Waals surface area contributed by atoms with Gasteiger partial charge in [0.15, 0.2) is 0 Å². The third-order valence-electron chi connectivity index (χ3n) is 5.50. The highest BCUT2D eigenvalue weighted by molar-refractivity contribution is 5.88. The maximum Gasteiger partial charge on any atom is 0.139 e. The van der Waals surface area contributed by atoms with Gasteiger partial charge in [-0.15, -0.1) is 0 Å². The zero-order valence-corrected chi connectivity index (χ0v) is 7.91. The van der Waals surface area contributed by atoms with E-state index in [0.717, 1.165) is 23.7 Å². The van der Waals surface area contributed by atoms with Gasteiger partial charge in [0, 0.05) is 11.8 Å². The van der Waals surface area contributed by atoms with Crippen LogP contribution in [0.5, 0.6) is 0 Å². The second kappa shape index (κ2) is 2.02. The van der Waals surface area contributed by atoms with Crippen molar-refractivity contribution >= 4 is 5.78 Å². The smallest absolute Gasteiger partial charge is 0.139 e. The molecule has 4 aliphatic rings. The first kappa shape index (κ1) is 7.03. The lowest BCUT2D eigenvalue weighted by atomic mass is 9.71. The Bertz CT molecular complexity index is 257. The number of hydrogen-bond donors (Lipinski definition) is 0. The Hall–Kier alpha value is -0.330. The zero-order chi connectivity index (χ0) is 8.58. The van der Waals surface area contributed by atoms with Crippen molar-refractivity contribution in [1.29, 1.82) is 0 Å². The third-order valence-corrected chi connectivity index (χ3v) is 5.50. The first-order valence-electron chi connectivity index (χ1n) is 5.90. The molecule has 0 heterocycles. The molecule has 0 aromatic heterocycles. The van der Waals surface area contributed by atoms with E-state index in [1.807, 2.05) is 0 Å². The summed E-state index contributed by atoms with van der Waals surface area (Å²) in [7, 11) is 0. The van der Waals surface area contributed by atoms with Crippen LogP contribution in [0.25, 0.3) is 0 Å². The number of rotatable bonds is 0. The van der Waals surface area contributed by atoms with E-state index in [1.165, 1.54) is 32.1 Å². The van der Waals surface area contributed by atoms with Crippen molar-refractivity contribution in [2.75, 3.05) is 0 Å². The van der Waals surface area contributed by atoms with Crippen molar-refractivity contribution in [2.24, 2.45) is 35.5 Å². The first-order chi connectivity index (χ1) is 6.36. The summed E-state index contributed by atoms with van der Waals surface area (Å²) in [4.78, 5) is 11.9. The van der Waals surface area contributed by atoms with Crippen molar-refractivity contribution in [3.63, 3.8) is 0 Å². The number of fused-ring (bicyclic) bond motifs is 9. The van der Waals surface area contributed by atoms with Gasteiger partial charge in [-0.05, 0) is 55.8 Å². The van der Waals surface area contributed by atoms with E-state index in [1.54, 1.807) is 0 Å².